The van der Waals surface area contributed by atoms with Crippen molar-refractivity contribution in [2.75, 3.05) is 12.3 Å². The number of halogens is 1. The summed E-state index contributed by atoms with van der Waals surface area (Å²) in [6.45, 7) is 2.88. The van der Waals surface area contributed by atoms with Gasteiger partial charge >= 0.3 is 0 Å². The maximum Gasteiger partial charge on any atom is 0.243 e. The molecular formula is C29H33FN2O2S. The van der Waals surface area contributed by atoms with Crippen molar-refractivity contribution in [3.05, 3.63) is 107 Å². The highest BCUT2D eigenvalue weighted by atomic mass is 32.2. The minimum Gasteiger partial charge on any atom is -0.354 e. The van der Waals surface area contributed by atoms with Crippen LogP contribution in [0.5, 0.6) is 0 Å². The van der Waals surface area contributed by atoms with E-state index in [0.29, 0.717) is 18.7 Å². The van der Waals surface area contributed by atoms with Gasteiger partial charge in [0, 0.05) is 25.3 Å². The van der Waals surface area contributed by atoms with Crippen molar-refractivity contribution in [3.63, 3.8) is 0 Å². The number of benzene rings is 3. The highest BCUT2D eigenvalue weighted by Crippen LogP contribution is 2.19. The Bertz CT molecular complexity index is 1050. The van der Waals surface area contributed by atoms with Gasteiger partial charge in [0.15, 0.2) is 0 Å². The van der Waals surface area contributed by atoms with Crippen LogP contribution in [0.2, 0.25) is 0 Å². The zero-order valence-electron chi connectivity index (χ0n) is 20.2. The van der Waals surface area contributed by atoms with Gasteiger partial charge in [-0.3, -0.25) is 9.59 Å². The molecule has 0 saturated heterocycles. The zero-order valence-corrected chi connectivity index (χ0v) is 21.0. The standard InChI is InChI=1S/C29H33FN2O2S/c1-2-3-18-31-29(34)27(19-23-10-6-4-7-11-23)32(20-24-14-16-26(30)17-15-24)28(33)22-35-21-25-12-8-5-9-13-25/h4-17,27H,2-3,18-22H2,1H3,(H,31,34)/t27-/m0/s1. The second kappa shape index (κ2) is 14.3. The van der Waals surface area contributed by atoms with Gasteiger partial charge in [0.2, 0.25) is 11.8 Å². The molecular weight excluding hydrogens is 459 g/mol. The van der Waals surface area contributed by atoms with Gasteiger partial charge in [0.1, 0.15) is 11.9 Å². The van der Waals surface area contributed by atoms with Crippen LogP contribution >= 0.6 is 11.8 Å². The molecule has 0 aliphatic heterocycles. The lowest BCUT2D eigenvalue weighted by Gasteiger charge is -2.31. The van der Waals surface area contributed by atoms with Crippen LogP contribution in [0, 0.1) is 5.82 Å². The van der Waals surface area contributed by atoms with E-state index in [1.54, 1.807) is 17.0 Å². The first-order valence-electron chi connectivity index (χ1n) is 12.0. The van der Waals surface area contributed by atoms with E-state index in [4.69, 9.17) is 0 Å². The van der Waals surface area contributed by atoms with Crippen LogP contribution in [0.25, 0.3) is 0 Å². The van der Waals surface area contributed by atoms with Crippen LogP contribution in [0.1, 0.15) is 36.5 Å². The van der Waals surface area contributed by atoms with E-state index in [1.165, 1.54) is 23.9 Å². The predicted octanol–water partition coefficient (Wildman–Crippen LogP) is 5.62. The summed E-state index contributed by atoms with van der Waals surface area (Å²) in [5.41, 5.74) is 2.91. The van der Waals surface area contributed by atoms with Gasteiger partial charge in [-0.05, 0) is 35.2 Å². The van der Waals surface area contributed by atoms with Crippen LogP contribution in [0.3, 0.4) is 0 Å². The number of carbonyl (C=O) groups is 2. The summed E-state index contributed by atoms with van der Waals surface area (Å²) in [6, 6.07) is 25.2. The van der Waals surface area contributed by atoms with Crippen LogP contribution in [0.15, 0.2) is 84.9 Å². The Morgan fingerprint density at radius 1 is 0.886 bits per heavy atom. The smallest absolute Gasteiger partial charge is 0.243 e. The summed E-state index contributed by atoms with van der Waals surface area (Å²) in [5, 5.41) is 3.02. The Kier molecular flexibility index (Phi) is 10.8. The van der Waals surface area contributed by atoms with Gasteiger partial charge in [0.05, 0.1) is 5.75 Å². The Morgan fingerprint density at radius 2 is 1.51 bits per heavy atom. The molecule has 3 aromatic carbocycles. The normalized spacial score (nSPS) is 11.6. The van der Waals surface area contributed by atoms with Crippen molar-refractivity contribution >= 4 is 23.6 Å². The molecule has 0 unspecified atom stereocenters. The van der Waals surface area contributed by atoms with Gasteiger partial charge in [-0.2, -0.15) is 0 Å². The molecule has 1 atom stereocenters. The molecule has 4 nitrogen and oxygen atoms in total. The Morgan fingerprint density at radius 3 is 2.14 bits per heavy atom. The number of thioether (sulfide) groups is 1. The summed E-state index contributed by atoms with van der Waals surface area (Å²) in [5.74, 6) is 0.364. The summed E-state index contributed by atoms with van der Waals surface area (Å²) in [6.07, 6.45) is 2.26. The molecule has 0 heterocycles. The first-order valence-corrected chi connectivity index (χ1v) is 13.2. The molecule has 0 bridgehead atoms. The number of unbranched alkanes of at least 4 members (excludes halogenated alkanes) is 1. The van der Waals surface area contributed by atoms with Gasteiger partial charge in [-0.25, -0.2) is 4.39 Å². The van der Waals surface area contributed by atoms with E-state index >= 15 is 0 Å². The van der Waals surface area contributed by atoms with Crippen LogP contribution in [-0.2, 0) is 28.3 Å². The fourth-order valence-corrected chi connectivity index (χ4v) is 4.63. The summed E-state index contributed by atoms with van der Waals surface area (Å²) in [7, 11) is 0. The Labute approximate surface area is 211 Å². The number of carbonyl (C=O) groups excluding carboxylic acids is 2. The Balaban J connectivity index is 1.82. The predicted molar refractivity (Wildman–Crippen MR) is 141 cm³/mol. The van der Waals surface area contributed by atoms with Crippen molar-refractivity contribution in [2.45, 2.75) is 44.5 Å². The van der Waals surface area contributed by atoms with Gasteiger partial charge < -0.3 is 10.2 Å². The minimum absolute atomic E-state index is 0.109. The second-order valence-corrected chi connectivity index (χ2v) is 9.46. The van der Waals surface area contributed by atoms with Crippen molar-refractivity contribution in [2.24, 2.45) is 0 Å². The molecule has 0 spiro atoms. The molecule has 3 aromatic rings. The fraction of sp³-hybridized carbons (Fsp3) is 0.310. The van der Waals surface area contributed by atoms with Crippen molar-refractivity contribution in [1.82, 2.24) is 10.2 Å². The lowest BCUT2D eigenvalue weighted by atomic mass is 10.0. The maximum atomic E-state index is 13.5. The van der Waals surface area contributed by atoms with E-state index < -0.39 is 6.04 Å². The zero-order chi connectivity index (χ0) is 24.9. The average molecular weight is 493 g/mol. The molecule has 6 heteroatoms. The van der Waals surface area contributed by atoms with Crippen LogP contribution < -0.4 is 5.32 Å². The molecule has 1 N–H and O–H groups in total. The van der Waals surface area contributed by atoms with Gasteiger partial charge in [-0.15, -0.1) is 11.8 Å². The first-order chi connectivity index (χ1) is 17.1. The molecule has 184 valence electrons. The maximum absolute atomic E-state index is 13.5. The summed E-state index contributed by atoms with van der Waals surface area (Å²) >= 11 is 1.53. The SMILES string of the molecule is CCCCNC(=O)[C@H](Cc1ccccc1)N(Cc1ccc(F)cc1)C(=O)CSCc1ccccc1. The molecule has 0 radical (unpaired) electrons. The van der Waals surface area contributed by atoms with Crippen molar-refractivity contribution in [1.29, 1.82) is 0 Å². The number of nitrogens with zero attached hydrogens (tertiary/aromatic N) is 1. The van der Waals surface area contributed by atoms with Crippen molar-refractivity contribution < 1.29 is 14.0 Å². The van der Waals surface area contributed by atoms with E-state index in [-0.39, 0.29) is 29.9 Å². The Hall–Kier alpha value is -3.12. The second-order valence-electron chi connectivity index (χ2n) is 8.48. The summed E-state index contributed by atoms with van der Waals surface area (Å²) < 4.78 is 13.5. The first kappa shape index (κ1) is 26.5. The van der Waals surface area contributed by atoms with E-state index in [2.05, 4.69) is 12.2 Å². The third-order valence-corrected chi connectivity index (χ3v) is 6.69. The third-order valence-electron chi connectivity index (χ3n) is 5.70. The summed E-state index contributed by atoms with van der Waals surface area (Å²) in [4.78, 5) is 28.5. The van der Waals surface area contributed by atoms with Crippen LogP contribution in [-0.4, -0.2) is 35.1 Å². The molecule has 35 heavy (non-hydrogen) atoms. The molecule has 0 aromatic heterocycles. The van der Waals surface area contributed by atoms with Crippen LogP contribution in [0.4, 0.5) is 4.39 Å². The molecule has 2 amide bonds. The molecule has 0 fully saturated rings. The highest BCUT2D eigenvalue weighted by Gasteiger charge is 2.30. The molecule has 0 aliphatic rings. The number of rotatable bonds is 13. The quantitative estimate of drug-likeness (QED) is 0.315. The lowest BCUT2D eigenvalue weighted by molar-refractivity contribution is -0.139. The van der Waals surface area contributed by atoms with E-state index in [1.807, 2.05) is 60.7 Å². The van der Waals surface area contributed by atoms with Crippen molar-refractivity contribution in [3.8, 4) is 0 Å². The van der Waals surface area contributed by atoms with Gasteiger partial charge in [0.25, 0.3) is 0 Å². The largest absolute Gasteiger partial charge is 0.354 e. The number of amides is 2. The van der Waals surface area contributed by atoms with E-state index in [0.717, 1.165) is 29.5 Å². The number of nitrogens with one attached hydrogen (secondary N) is 1. The minimum atomic E-state index is -0.663. The van der Waals surface area contributed by atoms with Gasteiger partial charge in [-0.1, -0.05) is 86.1 Å². The van der Waals surface area contributed by atoms with E-state index in [9.17, 15) is 14.0 Å². The average Bonchev–Trinajstić information content (AvgIpc) is 2.88. The molecule has 0 saturated carbocycles. The monoisotopic (exact) mass is 492 g/mol. The number of hydrogen-bond donors (Lipinski definition) is 1. The molecule has 3 rings (SSSR count). The number of hydrogen-bond acceptors (Lipinski definition) is 3. The molecule has 0 aliphatic carbocycles. The topological polar surface area (TPSA) is 49.4 Å². The highest BCUT2D eigenvalue weighted by molar-refractivity contribution is 7.99. The lowest BCUT2D eigenvalue weighted by Crippen LogP contribution is -2.51. The fourth-order valence-electron chi connectivity index (χ4n) is 3.76. The third kappa shape index (κ3) is 8.87.